The number of ether oxygens (including phenoxy) is 1. The molecule has 1 N–H and O–H groups in total. The predicted molar refractivity (Wildman–Crippen MR) is 112 cm³/mol. The van der Waals surface area contributed by atoms with Gasteiger partial charge in [0.05, 0.1) is 18.0 Å². The van der Waals surface area contributed by atoms with Gasteiger partial charge in [0.1, 0.15) is 5.75 Å². The van der Waals surface area contributed by atoms with Gasteiger partial charge < -0.3 is 10.1 Å². The lowest BCUT2D eigenvalue weighted by Gasteiger charge is -2.22. The van der Waals surface area contributed by atoms with Crippen molar-refractivity contribution >= 4 is 21.6 Å². The molecule has 0 heterocycles. The fourth-order valence-corrected chi connectivity index (χ4v) is 3.35. The summed E-state index contributed by atoms with van der Waals surface area (Å²) in [4.78, 5) is 12.6. The molecule has 0 aromatic heterocycles. The molecule has 2 aromatic rings. The number of aryl methyl sites for hydroxylation is 1. The van der Waals surface area contributed by atoms with Gasteiger partial charge in [-0.15, -0.1) is 0 Å². The molecule has 0 aliphatic carbocycles. The molecule has 0 saturated carbocycles. The molecule has 28 heavy (non-hydrogen) atoms. The molecule has 0 bridgehead atoms. The fourth-order valence-electron chi connectivity index (χ4n) is 2.85. The standard InChI is InChI=1S/C21H28N2O4S/c1-6-20(19-10-8-7-9-15(19)2)22-21(24)16(3)27-18-13-11-17(12-14-18)23(4)28(5,25)26/h7-14,16,20H,6H2,1-5H3,(H,22,24)/t16-,20-/m0/s1. The van der Waals surface area contributed by atoms with Crippen LogP contribution in [0.1, 0.15) is 37.4 Å². The number of carbonyl (C=O) groups excluding carboxylic acids is 1. The van der Waals surface area contributed by atoms with Crippen LogP contribution in [-0.2, 0) is 14.8 Å². The topological polar surface area (TPSA) is 75.7 Å². The maximum absolute atomic E-state index is 12.6. The molecule has 0 unspecified atom stereocenters. The smallest absolute Gasteiger partial charge is 0.261 e. The van der Waals surface area contributed by atoms with Crippen LogP contribution in [0.5, 0.6) is 5.75 Å². The first-order valence-corrected chi connectivity index (χ1v) is 11.0. The summed E-state index contributed by atoms with van der Waals surface area (Å²) in [5, 5.41) is 3.04. The Kier molecular flexibility index (Phi) is 7.07. The van der Waals surface area contributed by atoms with E-state index in [2.05, 4.69) is 5.32 Å². The highest BCUT2D eigenvalue weighted by Gasteiger charge is 2.20. The average Bonchev–Trinajstić information content (AvgIpc) is 2.65. The third-order valence-corrected chi connectivity index (χ3v) is 5.87. The number of anilines is 1. The van der Waals surface area contributed by atoms with Crippen LogP contribution in [0.3, 0.4) is 0 Å². The van der Waals surface area contributed by atoms with Crippen LogP contribution in [0.25, 0.3) is 0 Å². The normalized spacial score (nSPS) is 13.5. The molecule has 0 spiro atoms. The lowest BCUT2D eigenvalue weighted by Crippen LogP contribution is -2.38. The lowest BCUT2D eigenvalue weighted by atomic mass is 9.99. The summed E-state index contributed by atoms with van der Waals surface area (Å²) in [5.41, 5.74) is 2.75. The number of hydrogen-bond donors (Lipinski definition) is 1. The van der Waals surface area contributed by atoms with Gasteiger partial charge >= 0.3 is 0 Å². The zero-order valence-corrected chi connectivity index (χ0v) is 17.8. The van der Waals surface area contributed by atoms with Crippen molar-refractivity contribution in [3.63, 3.8) is 0 Å². The molecule has 0 aliphatic rings. The van der Waals surface area contributed by atoms with Crippen molar-refractivity contribution < 1.29 is 17.9 Å². The van der Waals surface area contributed by atoms with E-state index in [4.69, 9.17) is 4.74 Å². The summed E-state index contributed by atoms with van der Waals surface area (Å²) < 4.78 is 30.1. The van der Waals surface area contributed by atoms with Crippen molar-refractivity contribution in [1.29, 1.82) is 0 Å². The summed E-state index contributed by atoms with van der Waals surface area (Å²) in [6, 6.07) is 14.5. The summed E-state index contributed by atoms with van der Waals surface area (Å²) in [6.07, 6.45) is 1.23. The second-order valence-electron chi connectivity index (χ2n) is 6.81. The lowest BCUT2D eigenvalue weighted by molar-refractivity contribution is -0.128. The molecule has 2 atom stereocenters. The Labute approximate surface area is 167 Å². The van der Waals surface area contributed by atoms with Crippen LogP contribution in [0.15, 0.2) is 48.5 Å². The third-order valence-electron chi connectivity index (χ3n) is 4.67. The molecule has 2 rings (SSSR count). The predicted octanol–water partition coefficient (Wildman–Crippen LogP) is 3.43. The maximum Gasteiger partial charge on any atom is 0.261 e. The number of benzene rings is 2. The molecular formula is C21H28N2O4S. The molecule has 6 nitrogen and oxygen atoms in total. The fraction of sp³-hybridized carbons (Fsp3) is 0.381. The highest BCUT2D eigenvalue weighted by atomic mass is 32.2. The van der Waals surface area contributed by atoms with E-state index in [1.807, 2.05) is 38.1 Å². The van der Waals surface area contributed by atoms with E-state index in [1.54, 1.807) is 31.2 Å². The molecular weight excluding hydrogens is 376 g/mol. The summed E-state index contributed by atoms with van der Waals surface area (Å²) in [6.45, 7) is 5.75. The van der Waals surface area contributed by atoms with E-state index in [0.717, 1.165) is 23.8 Å². The van der Waals surface area contributed by atoms with Crippen molar-refractivity contribution in [1.82, 2.24) is 5.32 Å². The molecule has 2 aromatic carbocycles. The quantitative estimate of drug-likeness (QED) is 0.731. The van der Waals surface area contributed by atoms with Crippen LogP contribution < -0.4 is 14.4 Å². The molecule has 152 valence electrons. The van der Waals surface area contributed by atoms with Crippen molar-refractivity contribution in [3.8, 4) is 5.75 Å². The molecule has 0 saturated heterocycles. The van der Waals surface area contributed by atoms with Crippen LogP contribution in [0.4, 0.5) is 5.69 Å². The summed E-state index contributed by atoms with van der Waals surface area (Å²) in [5.74, 6) is 0.296. The number of rotatable bonds is 8. The molecule has 0 aliphatic heterocycles. The van der Waals surface area contributed by atoms with Gasteiger partial charge in [-0.1, -0.05) is 31.2 Å². The van der Waals surface area contributed by atoms with Crippen molar-refractivity contribution in [2.45, 2.75) is 39.3 Å². The van der Waals surface area contributed by atoms with Gasteiger partial charge in [-0.3, -0.25) is 9.10 Å². The number of nitrogens with one attached hydrogen (secondary N) is 1. The number of hydrogen-bond acceptors (Lipinski definition) is 4. The van der Waals surface area contributed by atoms with Gasteiger partial charge in [0.15, 0.2) is 6.10 Å². The van der Waals surface area contributed by atoms with Crippen molar-refractivity contribution in [3.05, 3.63) is 59.7 Å². The van der Waals surface area contributed by atoms with Crippen LogP contribution in [0.2, 0.25) is 0 Å². The third kappa shape index (κ3) is 5.48. The number of amides is 1. The highest BCUT2D eigenvalue weighted by Crippen LogP contribution is 2.23. The van der Waals surface area contributed by atoms with Gasteiger partial charge in [0, 0.05) is 7.05 Å². The van der Waals surface area contributed by atoms with E-state index in [0.29, 0.717) is 11.4 Å². The largest absolute Gasteiger partial charge is 0.481 e. The van der Waals surface area contributed by atoms with E-state index < -0.39 is 16.1 Å². The number of sulfonamides is 1. The van der Waals surface area contributed by atoms with Crippen LogP contribution in [-0.4, -0.2) is 33.7 Å². The minimum atomic E-state index is -3.32. The minimum absolute atomic E-state index is 0.0782. The van der Waals surface area contributed by atoms with Gasteiger partial charge in [0.25, 0.3) is 5.91 Å². The first-order chi connectivity index (χ1) is 13.1. The van der Waals surface area contributed by atoms with Gasteiger partial charge in [-0.05, 0) is 55.7 Å². The van der Waals surface area contributed by atoms with Crippen molar-refractivity contribution in [2.24, 2.45) is 0 Å². The van der Waals surface area contributed by atoms with E-state index in [-0.39, 0.29) is 11.9 Å². The second-order valence-corrected chi connectivity index (χ2v) is 8.82. The van der Waals surface area contributed by atoms with Gasteiger partial charge in [0.2, 0.25) is 10.0 Å². The Morgan fingerprint density at radius 1 is 1.14 bits per heavy atom. The first kappa shape index (κ1) is 21.8. The molecule has 0 fully saturated rings. The molecule has 7 heteroatoms. The number of carbonyl (C=O) groups is 1. The Morgan fingerprint density at radius 2 is 1.75 bits per heavy atom. The van der Waals surface area contributed by atoms with Gasteiger partial charge in [-0.2, -0.15) is 0 Å². The van der Waals surface area contributed by atoms with E-state index in [1.165, 1.54) is 11.4 Å². The Balaban J connectivity index is 2.03. The second kappa shape index (κ2) is 9.10. The van der Waals surface area contributed by atoms with Crippen LogP contribution >= 0.6 is 0 Å². The SMILES string of the molecule is CC[C@H](NC(=O)[C@H](C)Oc1ccc(N(C)S(C)(=O)=O)cc1)c1ccccc1C. The van der Waals surface area contributed by atoms with Crippen LogP contribution in [0, 0.1) is 6.92 Å². The maximum atomic E-state index is 12.6. The number of nitrogens with zero attached hydrogens (tertiary/aromatic N) is 1. The molecule has 1 amide bonds. The monoisotopic (exact) mass is 404 g/mol. The highest BCUT2D eigenvalue weighted by molar-refractivity contribution is 7.92. The summed E-state index contributed by atoms with van der Waals surface area (Å²) in [7, 11) is -1.84. The minimum Gasteiger partial charge on any atom is -0.481 e. The zero-order valence-electron chi connectivity index (χ0n) is 17.0. The van der Waals surface area contributed by atoms with Gasteiger partial charge in [-0.25, -0.2) is 8.42 Å². The Morgan fingerprint density at radius 3 is 2.29 bits per heavy atom. The van der Waals surface area contributed by atoms with E-state index in [9.17, 15) is 13.2 Å². The Hall–Kier alpha value is -2.54. The molecule has 0 radical (unpaired) electrons. The zero-order chi connectivity index (χ0) is 20.9. The average molecular weight is 405 g/mol. The van der Waals surface area contributed by atoms with E-state index >= 15 is 0 Å². The Bertz CT molecular complexity index is 910. The van der Waals surface area contributed by atoms with Crippen molar-refractivity contribution in [2.75, 3.05) is 17.6 Å². The summed E-state index contributed by atoms with van der Waals surface area (Å²) >= 11 is 0. The first-order valence-electron chi connectivity index (χ1n) is 9.20.